The third kappa shape index (κ3) is 2.46. The van der Waals surface area contributed by atoms with Gasteiger partial charge in [-0.25, -0.2) is 9.78 Å². The van der Waals surface area contributed by atoms with Gasteiger partial charge in [0.1, 0.15) is 5.70 Å². The maximum Gasteiger partial charge on any atom is 0.352 e. The molecule has 134 valence electrons. The number of aliphatic carboxylic acids is 1. The SMILES string of the molecule is C[C@@H](O)[C@H]1C(=O)N2C(C(=O)O)=C3[C@@H](CNc4nccs4)CCC[C@@H]3[C@H]12. The van der Waals surface area contributed by atoms with Crippen molar-refractivity contribution < 1.29 is 19.8 Å². The Kier molecular flexibility index (Phi) is 4.04. The lowest BCUT2D eigenvalue weighted by atomic mass is 9.69. The van der Waals surface area contributed by atoms with Gasteiger partial charge in [0.15, 0.2) is 5.13 Å². The van der Waals surface area contributed by atoms with Crippen LogP contribution in [-0.4, -0.2) is 50.7 Å². The van der Waals surface area contributed by atoms with E-state index in [1.165, 1.54) is 16.2 Å². The molecular weight excluding hydrogens is 342 g/mol. The number of aromatic nitrogens is 1. The number of carboxylic acids is 1. The average Bonchev–Trinajstić information content (AvgIpc) is 3.17. The van der Waals surface area contributed by atoms with Crippen LogP contribution in [0.15, 0.2) is 22.8 Å². The molecule has 8 heteroatoms. The molecule has 1 amide bonds. The molecule has 7 nitrogen and oxygen atoms in total. The first kappa shape index (κ1) is 16.5. The summed E-state index contributed by atoms with van der Waals surface area (Å²) >= 11 is 1.51. The molecule has 2 aliphatic heterocycles. The Labute approximate surface area is 149 Å². The topological polar surface area (TPSA) is 103 Å². The van der Waals surface area contributed by atoms with E-state index in [0.29, 0.717) is 6.54 Å². The molecule has 25 heavy (non-hydrogen) atoms. The summed E-state index contributed by atoms with van der Waals surface area (Å²) in [6, 6.07) is -0.198. The second kappa shape index (κ2) is 6.10. The summed E-state index contributed by atoms with van der Waals surface area (Å²) in [4.78, 5) is 30.0. The number of carbonyl (C=O) groups is 2. The Morgan fingerprint density at radius 3 is 2.96 bits per heavy atom. The molecule has 0 spiro atoms. The van der Waals surface area contributed by atoms with Gasteiger partial charge < -0.3 is 20.4 Å². The van der Waals surface area contributed by atoms with Crippen LogP contribution in [0.3, 0.4) is 0 Å². The van der Waals surface area contributed by atoms with Crippen LogP contribution in [0.1, 0.15) is 26.2 Å². The molecule has 1 aliphatic carbocycles. The van der Waals surface area contributed by atoms with Gasteiger partial charge in [0.05, 0.1) is 18.1 Å². The molecule has 3 aliphatic rings. The van der Waals surface area contributed by atoms with E-state index in [0.717, 1.165) is 30.0 Å². The average molecular weight is 363 g/mol. The lowest BCUT2D eigenvalue weighted by Gasteiger charge is -2.47. The van der Waals surface area contributed by atoms with Gasteiger partial charge in [-0.05, 0) is 25.3 Å². The van der Waals surface area contributed by atoms with Crippen molar-refractivity contribution in [1.82, 2.24) is 9.88 Å². The summed E-state index contributed by atoms with van der Waals surface area (Å²) < 4.78 is 0. The van der Waals surface area contributed by atoms with Crippen molar-refractivity contribution in [3.63, 3.8) is 0 Å². The van der Waals surface area contributed by atoms with E-state index in [1.54, 1.807) is 13.1 Å². The van der Waals surface area contributed by atoms with Crippen LogP contribution < -0.4 is 5.32 Å². The number of fused-ring (bicyclic) bond motifs is 3. The second-order valence-corrected chi connectivity index (χ2v) is 7.92. The number of carboxylic acid groups (broad SMARTS) is 1. The van der Waals surface area contributed by atoms with Crippen LogP contribution in [0.25, 0.3) is 0 Å². The maximum absolute atomic E-state index is 12.4. The molecule has 1 saturated heterocycles. The van der Waals surface area contributed by atoms with Crippen molar-refractivity contribution in [3.05, 3.63) is 22.8 Å². The quantitative estimate of drug-likeness (QED) is 0.686. The van der Waals surface area contributed by atoms with Crippen molar-refractivity contribution >= 4 is 28.3 Å². The number of β-lactam (4-membered cyclic amide) rings is 1. The number of thiazole rings is 1. The zero-order valence-electron chi connectivity index (χ0n) is 13.9. The Morgan fingerprint density at radius 2 is 2.32 bits per heavy atom. The maximum atomic E-state index is 12.4. The lowest BCUT2D eigenvalue weighted by molar-refractivity contribution is -0.163. The Balaban J connectivity index is 1.64. The minimum Gasteiger partial charge on any atom is -0.477 e. The summed E-state index contributed by atoms with van der Waals surface area (Å²) in [5.41, 5.74) is 1.03. The van der Waals surface area contributed by atoms with E-state index in [2.05, 4.69) is 10.3 Å². The fraction of sp³-hybridized carbons (Fsp3) is 0.588. The van der Waals surface area contributed by atoms with Crippen LogP contribution in [0.5, 0.6) is 0 Å². The summed E-state index contributed by atoms with van der Waals surface area (Å²) in [6.07, 6.45) is 3.74. The van der Waals surface area contributed by atoms with Crippen LogP contribution >= 0.6 is 11.3 Å². The van der Waals surface area contributed by atoms with Crippen LogP contribution in [-0.2, 0) is 9.59 Å². The molecule has 1 saturated carbocycles. The largest absolute Gasteiger partial charge is 0.477 e. The third-order valence-electron chi connectivity index (χ3n) is 5.68. The van der Waals surface area contributed by atoms with E-state index in [1.807, 2.05) is 5.38 Å². The first-order valence-corrected chi connectivity index (χ1v) is 9.50. The molecule has 4 rings (SSSR count). The monoisotopic (exact) mass is 363 g/mol. The van der Waals surface area contributed by atoms with Gasteiger partial charge >= 0.3 is 5.97 Å². The molecule has 0 bridgehead atoms. The van der Waals surface area contributed by atoms with Gasteiger partial charge in [0.25, 0.3) is 0 Å². The number of nitrogens with zero attached hydrogens (tertiary/aromatic N) is 2. The van der Waals surface area contributed by atoms with Crippen molar-refractivity contribution in [2.24, 2.45) is 17.8 Å². The van der Waals surface area contributed by atoms with E-state index in [4.69, 9.17) is 0 Å². The molecule has 1 aromatic heterocycles. The molecule has 1 aromatic rings. The van der Waals surface area contributed by atoms with Crippen molar-refractivity contribution in [3.8, 4) is 0 Å². The number of hydrogen-bond acceptors (Lipinski definition) is 6. The molecule has 2 fully saturated rings. The first-order chi connectivity index (χ1) is 12.0. The smallest absolute Gasteiger partial charge is 0.352 e. The summed E-state index contributed by atoms with van der Waals surface area (Å²) in [5, 5.41) is 25.7. The highest BCUT2D eigenvalue weighted by atomic mass is 32.1. The van der Waals surface area contributed by atoms with Crippen LogP contribution in [0, 0.1) is 17.8 Å². The minimum absolute atomic E-state index is 0.0419. The van der Waals surface area contributed by atoms with Gasteiger partial charge in [-0.1, -0.05) is 6.42 Å². The highest BCUT2D eigenvalue weighted by Crippen LogP contribution is 2.53. The zero-order chi connectivity index (χ0) is 17.7. The zero-order valence-corrected chi connectivity index (χ0v) is 14.7. The molecular formula is C17H21N3O4S. The Morgan fingerprint density at radius 1 is 1.52 bits per heavy atom. The molecule has 0 radical (unpaired) electrons. The molecule has 0 aromatic carbocycles. The fourth-order valence-corrected chi connectivity index (χ4v) is 5.27. The summed E-state index contributed by atoms with van der Waals surface area (Å²) in [6.45, 7) is 2.23. The second-order valence-electron chi connectivity index (χ2n) is 7.03. The van der Waals surface area contributed by atoms with Gasteiger partial charge in [-0.2, -0.15) is 0 Å². The number of anilines is 1. The molecule has 0 unspecified atom stereocenters. The summed E-state index contributed by atoms with van der Waals surface area (Å²) in [7, 11) is 0. The highest BCUT2D eigenvalue weighted by Gasteiger charge is 2.62. The normalized spacial score (nSPS) is 32.1. The number of hydrogen-bond donors (Lipinski definition) is 3. The third-order valence-corrected chi connectivity index (χ3v) is 6.41. The standard InChI is InChI=1S/C17H21N3O4S/c1-8(21)11-13-10-4-2-3-9(7-19-17-18-5-6-25-17)12(10)14(16(23)24)20(13)15(11)22/h5-6,8-11,13,21H,2-4,7H2,1H3,(H,18,19)(H,23,24)/t8-,9-,10+,11-,13-/m1/s1. The van der Waals surface area contributed by atoms with Gasteiger partial charge in [0.2, 0.25) is 5.91 Å². The Hall–Kier alpha value is -1.93. The van der Waals surface area contributed by atoms with E-state index in [9.17, 15) is 19.8 Å². The van der Waals surface area contributed by atoms with Gasteiger partial charge in [-0.15, -0.1) is 11.3 Å². The predicted octanol–water partition coefficient (Wildman–Crippen LogP) is 1.53. The Bertz CT molecular complexity index is 730. The van der Waals surface area contributed by atoms with Crippen LogP contribution in [0.4, 0.5) is 5.13 Å². The van der Waals surface area contributed by atoms with Crippen molar-refractivity contribution in [1.29, 1.82) is 0 Å². The number of amides is 1. The van der Waals surface area contributed by atoms with E-state index in [-0.39, 0.29) is 29.5 Å². The first-order valence-electron chi connectivity index (χ1n) is 8.62. The number of carbonyl (C=O) groups excluding carboxylic acids is 1. The van der Waals surface area contributed by atoms with E-state index >= 15 is 0 Å². The number of rotatable bonds is 5. The fourth-order valence-electron chi connectivity index (χ4n) is 4.73. The number of nitrogens with one attached hydrogen (secondary N) is 1. The molecule has 5 atom stereocenters. The van der Waals surface area contributed by atoms with Gasteiger partial charge in [0, 0.05) is 30.0 Å². The van der Waals surface area contributed by atoms with Crippen molar-refractivity contribution in [2.45, 2.75) is 38.3 Å². The number of aliphatic hydroxyl groups is 1. The van der Waals surface area contributed by atoms with E-state index < -0.39 is 18.0 Å². The molecule has 3 N–H and O–H groups in total. The molecule has 3 heterocycles. The minimum atomic E-state index is -1.04. The van der Waals surface area contributed by atoms with Gasteiger partial charge in [-0.3, -0.25) is 4.79 Å². The van der Waals surface area contributed by atoms with Crippen molar-refractivity contribution in [2.75, 3.05) is 11.9 Å². The predicted molar refractivity (Wildman–Crippen MR) is 91.9 cm³/mol. The van der Waals surface area contributed by atoms with Crippen LogP contribution in [0.2, 0.25) is 0 Å². The lowest BCUT2D eigenvalue weighted by Crippen LogP contribution is -2.64. The highest BCUT2D eigenvalue weighted by molar-refractivity contribution is 7.13. The number of aliphatic hydroxyl groups excluding tert-OH is 1. The summed E-state index contributed by atoms with van der Waals surface area (Å²) in [5.74, 6) is -1.67.